The van der Waals surface area contributed by atoms with E-state index in [0.717, 1.165) is 5.56 Å². The number of alkyl halides is 3. The minimum Gasteiger partial charge on any atom is -0.316 e. The first-order valence-corrected chi connectivity index (χ1v) is 4.70. The molecule has 0 aliphatic rings. The number of benzene rings is 1. The number of hydrogen-bond donors (Lipinski definition) is 1. The van der Waals surface area contributed by atoms with Crippen LogP contribution in [-0.2, 0) is 0 Å². The number of rotatable bonds is 1. The van der Waals surface area contributed by atoms with E-state index in [1.54, 1.807) is 19.1 Å². The van der Waals surface area contributed by atoms with Crippen molar-refractivity contribution in [3.63, 3.8) is 0 Å². The molecule has 0 bridgehead atoms. The lowest BCUT2D eigenvalue weighted by Crippen LogP contribution is -2.28. The topological polar surface area (TPSA) is 26.0 Å². The van der Waals surface area contributed by atoms with E-state index in [4.69, 9.17) is 5.73 Å². The van der Waals surface area contributed by atoms with E-state index < -0.39 is 12.2 Å². The molecule has 1 rings (SSSR count). The van der Waals surface area contributed by atoms with Crippen LogP contribution in [0.25, 0.3) is 0 Å². The lowest BCUT2D eigenvalue weighted by molar-refractivity contribution is -0.149. The summed E-state index contributed by atoms with van der Waals surface area (Å²) < 4.78 is 37.3. The normalized spacial score (nSPS) is 14.1. The van der Waals surface area contributed by atoms with Crippen LogP contribution in [0.4, 0.5) is 13.2 Å². The minimum atomic E-state index is -4.41. The second-order valence-corrected chi connectivity index (χ2v) is 3.90. The van der Waals surface area contributed by atoms with Gasteiger partial charge in [0.15, 0.2) is 0 Å². The molecule has 1 unspecified atom stereocenters. The third-order valence-corrected chi connectivity index (χ3v) is 2.56. The molecule has 0 saturated heterocycles. The molecule has 1 atom stereocenters. The molecule has 1 aromatic rings. The van der Waals surface area contributed by atoms with Crippen molar-refractivity contribution in [2.75, 3.05) is 0 Å². The van der Waals surface area contributed by atoms with E-state index in [9.17, 15) is 13.2 Å². The maximum Gasteiger partial charge on any atom is 0.407 e. The van der Waals surface area contributed by atoms with E-state index in [1.165, 1.54) is 6.07 Å². The number of hydrogen-bond acceptors (Lipinski definition) is 1. The Morgan fingerprint density at radius 3 is 2.43 bits per heavy atom. The van der Waals surface area contributed by atoms with E-state index in [2.05, 4.69) is 15.9 Å². The van der Waals surface area contributed by atoms with Gasteiger partial charge in [-0.15, -0.1) is 0 Å². The number of aryl methyl sites for hydroxylation is 1. The Morgan fingerprint density at radius 2 is 1.93 bits per heavy atom. The molecule has 14 heavy (non-hydrogen) atoms. The van der Waals surface area contributed by atoms with Crippen LogP contribution in [0.15, 0.2) is 22.7 Å². The van der Waals surface area contributed by atoms with Crippen molar-refractivity contribution in [2.24, 2.45) is 5.73 Å². The van der Waals surface area contributed by atoms with E-state index in [-0.39, 0.29) is 5.56 Å². The summed E-state index contributed by atoms with van der Waals surface area (Å²) in [7, 11) is 0. The van der Waals surface area contributed by atoms with E-state index in [0.29, 0.717) is 4.47 Å². The first-order valence-electron chi connectivity index (χ1n) is 3.90. The number of halogens is 4. The van der Waals surface area contributed by atoms with Gasteiger partial charge < -0.3 is 5.73 Å². The highest BCUT2D eigenvalue weighted by Gasteiger charge is 2.38. The lowest BCUT2D eigenvalue weighted by atomic mass is 10.1. The average molecular weight is 268 g/mol. The van der Waals surface area contributed by atoms with Crippen molar-refractivity contribution in [1.29, 1.82) is 0 Å². The molecule has 0 spiro atoms. The molecule has 5 heteroatoms. The van der Waals surface area contributed by atoms with Crippen molar-refractivity contribution in [2.45, 2.75) is 19.1 Å². The zero-order valence-electron chi connectivity index (χ0n) is 7.40. The maximum absolute atomic E-state index is 12.3. The highest BCUT2D eigenvalue weighted by atomic mass is 79.9. The van der Waals surface area contributed by atoms with Crippen LogP contribution in [0.1, 0.15) is 17.2 Å². The first kappa shape index (κ1) is 11.5. The summed E-state index contributed by atoms with van der Waals surface area (Å²) in [4.78, 5) is 0. The fourth-order valence-electron chi connectivity index (χ4n) is 1.08. The summed E-state index contributed by atoms with van der Waals surface area (Å²) >= 11 is 3.04. The van der Waals surface area contributed by atoms with Crippen LogP contribution in [-0.4, -0.2) is 6.18 Å². The molecule has 0 saturated carbocycles. The summed E-state index contributed by atoms with van der Waals surface area (Å²) in [5.41, 5.74) is 5.91. The average Bonchev–Trinajstić information content (AvgIpc) is 2.06. The summed E-state index contributed by atoms with van der Waals surface area (Å²) in [6.45, 7) is 1.72. The summed E-state index contributed by atoms with van der Waals surface area (Å²) in [5, 5.41) is 0. The van der Waals surface area contributed by atoms with Gasteiger partial charge >= 0.3 is 6.18 Å². The summed E-state index contributed by atoms with van der Waals surface area (Å²) in [5.74, 6) is 0. The van der Waals surface area contributed by atoms with Crippen molar-refractivity contribution >= 4 is 15.9 Å². The molecular weight excluding hydrogens is 259 g/mol. The first-order chi connectivity index (χ1) is 6.32. The van der Waals surface area contributed by atoms with Crippen molar-refractivity contribution < 1.29 is 13.2 Å². The maximum atomic E-state index is 12.3. The Hall–Kier alpha value is -0.550. The molecule has 0 amide bonds. The highest BCUT2D eigenvalue weighted by Crippen LogP contribution is 2.34. The molecule has 78 valence electrons. The quantitative estimate of drug-likeness (QED) is 0.830. The summed E-state index contributed by atoms with van der Waals surface area (Å²) in [6, 6.07) is 2.78. The standard InChI is InChI=1S/C9H9BrF3N/c1-5-2-3-7(10)6(4-5)8(14)9(11,12)13/h2-4,8H,14H2,1H3. The van der Waals surface area contributed by atoms with E-state index in [1.807, 2.05) is 0 Å². The fourth-order valence-corrected chi connectivity index (χ4v) is 1.57. The smallest absolute Gasteiger partial charge is 0.316 e. The molecule has 1 aromatic carbocycles. The molecule has 0 aliphatic heterocycles. The predicted molar refractivity (Wildman–Crippen MR) is 51.9 cm³/mol. The van der Waals surface area contributed by atoms with Gasteiger partial charge in [-0.2, -0.15) is 13.2 Å². The third kappa shape index (κ3) is 2.48. The van der Waals surface area contributed by atoms with Crippen LogP contribution < -0.4 is 5.73 Å². The Balaban J connectivity index is 3.12. The van der Waals surface area contributed by atoms with Crippen LogP contribution in [0, 0.1) is 6.92 Å². The van der Waals surface area contributed by atoms with Gasteiger partial charge in [0.2, 0.25) is 0 Å². The largest absolute Gasteiger partial charge is 0.407 e. The van der Waals surface area contributed by atoms with E-state index >= 15 is 0 Å². The molecule has 0 radical (unpaired) electrons. The molecule has 0 aromatic heterocycles. The van der Waals surface area contributed by atoms with Gasteiger partial charge in [-0.1, -0.05) is 33.6 Å². The van der Waals surface area contributed by atoms with Gasteiger partial charge in [-0.3, -0.25) is 0 Å². The van der Waals surface area contributed by atoms with Crippen molar-refractivity contribution in [3.8, 4) is 0 Å². The lowest BCUT2D eigenvalue weighted by Gasteiger charge is -2.17. The summed E-state index contributed by atoms with van der Waals surface area (Å²) in [6.07, 6.45) is -4.41. The van der Waals surface area contributed by atoms with Crippen molar-refractivity contribution in [3.05, 3.63) is 33.8 Å². The monoisotopic (exact) mass is 267 g/mol. The molecule has 0 aliphatic carbocycles. The second kappa shape index (κ2) is 3.90. The van der Waals surface area contributed by atoms with Gasteiger partial charge in [0.05, 0.1) is 0 Å². The Kier molecular flexibility index (Phi) is 3.21. The SMILES string of the molecule is Cc1ccc(Br)c(C(N)C(F)(F)F)c1. The van der Waals surface area contributed by atoms with Crippen LogP contribution >= 0.6 is 15.9 Å². The Labute approximate surface area is 88.2 Å². The molecule has 0 fully saturated rings. The van der Waals surface area contributed by atoms with Gasteiger partial charge in [0, 0.05) is 4.47 Å². The Morgan fingerprint density at radius 1 is 1.36 bits per heavy atom. The molecule has 0 heterocycles. The predicted octanol–water partition coefficient (Wildman–Crippen LogP) is 3.32. The fraction of sp³-hybridized carbons (Fsp3) is 0.333. The third-order valence-electron chi connectivity index (χ3n) is 1.84. The van der Waals surface area contributed by atoms with Crippen LogP contribution in [0.3, 0.4) is 0 Å². The highest BCUT2D eigenvalue weighted by molar-refractivity contribution is 9.10. The van der Waals surface area contributed by atoms with Gasteiger partial charge in [-0.05, 0) is 18.6 Å². The zero-order valence-corrected chi connectivity index (χ0v) is 8.98. The van der Waals surface area contributed by atoms with Gasteiger partial charge in [-0.25, -0.2) is 0 Å². The van der Waals surface area contributed by atoms with Crippen LogP contribution in [0.5, 0.6) is 0 Å². The number of nitrogens with two attached hydrogens (primary N) is 1. The minimum absolute atomic E-state index is 0.0671. The molecule has 2 N–H and O–H groups in total. The molecular formula is C9H9BrF3N. The van der Waals surface area contributed by atoms with Gasteiger partial charge in [0.25, 0.3) is 0 Å². The van der Waals surface area contributed by atoms with Gasteiger partial charge in [0.1, 0.15) is 6.04 Å². The zero-order chi connectivity index (χ0) is 10.9. The van der Waals surface area contributed by atoms with Crippen LogP contribution in [0.2, 0.25) is 0 Å². The van der Waals surface area contributed by atoms with Crippen molar-refractivity contribution in [1.82, 2.24) is 0 Å². The Bertz CT molecular complexity index is 335. The second-order valence-electron chi connectivity index (χ2n) is 3.04. The molecule has 1 nitrogen and oxygen atoms in total.